The summed E-state index contributed by atoms with van der Waals surface area (Å²) in [6.07, 6.45) is 2.48. The van der Waals surface area contributed by atoms with Gasteiger partial charge in [0.15, 0.2) is 0 Å². The van der Waals surface area contributed by atoms with E-state index in [1.54, 1.807) is 11.8 Å². The maximum absolute atomic E-state index is 11.2. The van der Waals surface area contributed by atoms with E-state index < -0.39 is 0 Å². The standard InChI is InChI=1S/C16H26N2O/c1-5-7-13(2)11-17-16-9-6-8-15(10-16)12-18(4)14(3)19/h6,8-10,13,17H,5,7,11-12H2,1-4H3. The Morgan fingerprint density at radius 1 is 1.42 bits per heavy atom. The molecule has 106 valence electrons. The molecule has 0 aliphatic heterocycles. The normalized spacial score (nSPS) is 12.0. The molecule has 0 saturated carbocycles. The first-order valence-electron chi connectivity index (χ1n) is 7.07. The highest BCUT2D eigenvalue weighted by Crippen LogP contribution is 2.14. The molecule has 1 amide bonds. The third-order valence-corrected chi connectivity index (χ3v) is 3.32. The topological polar surface area (TPSA) is 32.3 Å². The minimum Gasteiger partial charge on any atom is -0.385 e. The summed E-state index contributed by atoms with van der Waals surface area (Å²) in [4.78, 5) is 13.0. The lowest BCUT2D eigenvalue weighted by atomic mass is 10.1. The maximum atomic E-state index is 11.2. The Morgan fingerprint density at radius 3 is 2.79 bits per heavy atom. The number of anilines is 1. The third kappa shape index (κ3) is 5.77. The van der Waals surface area contributed by atoms with E-state index in [4.69, 9.17) is 0 Å². The first-order chi connectivity index (χ1) is 9.02. The van der Waals surface area contributed by atoms with Crippen LogP contribution in [-0.4, -0.2) is 24.4 Å². The number of nitrogens with one attached hydrogen (secondary N) is 1. The highest BCUT2D eigenvalue weighted by Gasteiger charge is 2.04. The minimum absolute atomic E-state index is 0.0925. The number of amides is 1. The molecule has 1 atom stereocenters. The molecule has 3 heteroatoms. The first kappa shape index (κ1) is 15.5. The summed E-state index contributed by atoms with van der Waals surface area (Å²) in [6, 6.07) is 8.30. The molecule has 1 aromatic carbocycles. The van der Waals surface area contributed by atoms with Crippen molar-refractivity contribution < 1.29 is 4.79 Å². The van der Waals surface area contributed by atoms with Crippen molar-refractivity contribution in [1.82, 2.24) is 4.90 Å². The first-order valence-corrected chi connectivity index (χ1v) is 7.07. The molecule has 1 aromatic rings. The van der Waals surface area contributed by atoms with E-state index in [0.717, 1.165) is 17.8 Å². The van der Waals surface area contributed by atoms with Gasteiger partial charge in [-0.2, -0.15) is 0 Å². The second kappa shape index (κ2) is 7.82. The number of hydrogen-bond acceptors (Lipinski definition) is 2. The van der Waals surface area contributed by atoms with Gasteiger partial charge in [-0.25, -0.2) is 0 Å². The van der Waals surface area contributed by atoms with E-state index in [1.165, 1.54) is 12.8 Å². The molecule has 0 fully saturated rings. The molecule has 0 aliphatic carbocycles. The molecule has 1 unspecified atom stereocenters. The number of nitrogens with zero attached hydrogens (tertiary/aromatic N) is 1. The summed E-state index contributed by atoms with van der Waals surface area (Å²) < 4.78 is 0. The molecule has 19 heavy (non-hydrogen) atoms. The van der Waals surface area contributed by atoms with Crippen LogP contribution in [0, 0.1) is 5.92 Å². The molecule has 0 aromatic heterocycles. The molecular weight excluding hydrogens is 236 g/mol. The average Bonchev–Trinajstić information content (AvgIpc) is 2.37. The van der Waals surface area contributed by atoms with Crippen LogP contribution in [-0.2, 0) is 11.3 Å². The number of benzene rings is 1. The van der Waals surface area contributed by atoms with Crippen LogP contribution < -0.4 is 5.32 Å². The van der Waals surface area contributed by atoms with Gasteiger partial charge < -0.3 is 10.2 Å². The predicted octanol–water partition coefficient (Wildman–Crippen LogP) is 3.51. The van der Waals surface area contributed by atoms with Crippen molar-refractivity contribution in [2.75, 3.05) is 18.9 Å². The van der Waals surface area contributed by atoms with Gasteiger partial charge in [0.05, 0.1) is 0 Å². The molecule has 3 nitrogen and oxygen atoms in total. The Kier molecular flexibility index (Phi) is 6.40. The van der Waals surface area contributed by atoms with Crippen molar-refractivity contribution in [2.24, 2.45) is 5.92 Å². The van der Waals surface area contributed by atoms with Crippen LogP contribution in [0.4, 0.5) is 5.69 Å². The molecular formula is C16H26N2O. The zero-order valence-corrected chi connectivity index (χ0v) is 12.6. The van der Waals surface area contributed by atoms with Crippen LogP contribution in [0.5, 0.6) is 0 Å². The summed E-state index contributed by atoms with van der Waals surface area (Å²) in [5, 5.41) is 3.47. The van der Waals surface area contributed by atoms with Crippen LogP contribution in [0.1, 0.15) is 39.2 Å². The molecule has 0 radical (unpaired) electrons. The van der Waals surface area contributed by atoms with Gasteiger partial charge in [-0.1, -0.05) is 32.4 Å². The van der Waals surface area contributed by atoms with Crippen molar-refractivity contribution in [1.29, 1.82) is 0 Å². The van der Waals surface area contributed by atoms with Crippen LogP contribution in [0.3, 0.4) is 0 Å². The minimum atomic E-state index is 0.0925. The molecule has 0 spiro atoms. The summed E-state index contributed by atoms with van der Waals surface area (Å²) in [6.45, 7) is 7.74. The van der Waals surface area contributed by atoms with Gasteiger partial charge in [0.2, 0.25) is 5.91 Å². The summed E-state index contributed by atoms with van der Waals surface area (Å²) in [7, 11) is 1.83. The van der Waals surface area contributed by atoms with Crippen molar-refractivity contribution in [3.8, 4) is 0 Å². The summed E-state index contributed by atoms with van der Waals surface area (Å²) in [5.41, 5.74) is 2.29. The predicted molar refractivity (Wildman–Crippen MR) is 81.2 cm³/mol. The molecule has 0 aliphatic rings. The van der Waals surface area contributed by atoms with Gasteiger partial charge in [-0.3, -0.25) is 4.79 Å². The molecule has 0 bridgehead atoms. The Bertz CT molecular complexity index is 403. The summed E-state index contributed by atoms with van der Waals surface area (Å²) in [5.74, 6) is 0.781. The third-order valence-electron chi connectivity index (χ3n) is 3.32. The van der Waals surface area contributed by atoms with Gasteiger partial charge in [0.1, 0.15) is 0 Å². The number of carbonyl (C=O) groups excluding carboxylic acids is 1. The monoisotopic (exact) mass is 262 g/mol. The van der Waals surface area contributed by atoms with E-state index in [9.17, 15) is 4.79 Å². The fourth-order valence-electron chi connectivity index (χ4n) is 2.05. The molecule has 0 heterocycles. The van der Waals surface area contributed by atoms with E-state index in [1.807, 2.05) is 13.1 Å². The fourth-order valence-corrected chi connectivity index (χ4v) is 2.05. The van der Waals surface area contributed by atoms with E-state index in [-0.39, 0.29) is 5.91 Å². The molecule has 0 saturated heterocycles. The van der Waals surface area contributed by atoms with Crippen molar-refractivity contribution in [3.63, 3.8) is 0 Å². The Morgan fingerprint density at radius 2 is 2.16 bits per heavy atom. The average molecular weight is 262 g/mol. The zero-order chi connectivity index (χ0) is 14.3. The number of hydrogen-bond donors (Lipinski definition) is 1. The Hall–Kier alpha value is -1.51. The maximum Gasteiger partial charge on any atom is 0.219 e. The van der Waals surface area contributed by atoms with Gasteiger partial charge in [-0.15, -0.1) is 0 Å². The van der Waals surface area contributed by atoms with Crippen LogP contribution in [0.25, 0.3) is 0 Å². The zero-order valence-electron chi connectivity index (χ0n) is 12.6. The van der Waals surface area contributed by atoms with E-state index in [0.29, 0.717) is 12.5 Å². The lowest BCUT2D eigenvalue weighted by molar-refractivity contribution is -0.128. The van der Waals surface area contributed by atoms with E-state index in [2.05, 4.69) is 37.4 Å². The number of rotatable bonds is 7. The van der Waals surface area contributed by atoms with Crippen LogP contribution in [0.2, 0.25) is 0 Å². The Balaban J connectivity index is 2.54. The summed E-state index contributed by atoms with van der Waals surface area (Å²) >= 11 is 0. The van der Waals surface area contributed by atoms with E-state index >= 15 is 0 Å². The van der Waals surface area contributed by atoms with Crippen molar-refractivity contribution >= 4 is 11.6 Å². The van der Waals surface area contributed by atoms with Crippen LogP contribution >= 0.6 is 0 Å². The highest BCUT2D eigenvalue weighted by atomic mass is 16.2. The van der Waals surface area contributed by atoms with Gasteiger partial charge >= 0.3 is 0 Å². The fraction of sp³-hybridized carbons (Fsp3) is 0.562. The molecule has 1 rings (SSSR count). The van der Waals surface area contributed by atoms with Crippen LogP contribution in [0.15, 0.2) is 24.3 Å². The smallest absolute Gasteiger partial charge is 0.219 e. The van der Waals surface area contributed by atoms with Crippen molar-refractivity contribution in [2.45, 2.75) is 40.2 Å². The van der Waals surface area contributed by atoms with Gasteiger partial charge in [0.25, 0.3) is 0 Å². The highest BCUT2D eigenvalue weighted by molar-refractivity contribution is 5.72. The lowest BCUT2D eigenvalue weighted by Crippen LogP contribution is -2.23. The quantitative estimate of drug-likeness (QED) is 0.815. The Labute approximate surface area is 117 Å². The van der Waals surface area contributed by atoms with Crippen molar-refractivity contribution in [3.05, 3.63) is 29.8 Å². The second-order valence-electron chi connectivity index (χ2n) is 5.35. The molecule has 1 N–H and O–H groups in total. The second-order valence-corrected chi connectivity index (χ2v) is 5.35. The lowest BCUT2D eigenvalue weighted by Gasteiger charge is -2.16. The van der Waals surface area contributed by atoms with Gasteiger partial charge in [0, 0.05) is 32.7 Å². The number of carbonyl (C=O) groups is 1. The largest absolute Gasteiger partial charge is 0.385 e. The van der Waals surface area contributed by atoms with Gasteiger partial charge in [-0.05, 0) is 30.0 Å². The SMILES string of the molecule is CCCC(C)CNc1cccc(CN(C)C(C)=O)c1.